The van der Waals surface area contributed by atoms with Crippen LogP contribution in [0.15, 0.2) is 52.9 Å². The first kappa shape index (κ1) is 21.4. The van der Waals surface area contributed by atoms with Crippen molar-refractivity contribution in [2.45, 2.75) is 20.1 Å². The van der Waals surface area contributed by atoms with Crippen LogP contribution >= 0.6 is 0 Å². The minimum absolute atomic E-state index is 0.0600. The number of carbonyl (C=O) groups excluding carboxylic acids is 2. The van der Waals surface area contributed by atoms with Crippen molar-refractivity contribution < 1.29 is 28.2 Å². The van der Waals surface area contributed by atoms with E-state index < -0.39 is 12.6 Å². The van der Waals surface area contributed by atoms with E-state index in [1.54, 1.807) is 20.2 Å². The number of benzene rings is 2. The number of furan rings is 1. The van der Waals surface area contributed by atoms with Crippen LogP contribution in [0.3, 0.4) is 0 Å². The van der Waals surface area contributed by atoms with Gasteiger partial charge in [0.15, 0.2) is 6.61 Å². The molecule has 0 saturated carbocycles. The maximum absolute atomic E-state index is 12.6. The van der Waals surface area contributed by atoms with Crippen molar-refractivity contribution in [3.8, 4) is 5.75 Å². The highest BCUT2D eigenvalue weighted by Crippen LogP contribution is 2.27. The summed E-state index contributed by atoms with van der Waals surface area (Å²) in [6, 6.07) is 14.7. The van der Waals surface area contributed by atoms with E-state index in [0.29, 0.717) is 30.0 Å². The fourth-order valence-electron chi connectivity index (χ4n) is 3.09. The summed E-state index contributed by atoms with van der Waals surface area (Å²) in [7, 11) is 3.22. The minimum atomic E-state index is -0.694. The lowest BCUT2D eigenvalue weighted by molar-refractivity contribution is -0.133. The van der Waals surface area contributed by atoms with Crippen molar-refractivity contribution in [3.63, 3.8) is 0 Å². The molecule has 2 aromatic carbocycles. The van der Waals surface area contributed by atoms with Crippen LogP contribution in [0.1, 0.15) is 28.6 Å². The molecule has 0 spiro atoms. The smallest absolute Gasteiger partial charge is 0.375 e. The number of esters is 1. The van der Waals surface area contributed by atoms with E-state index in [4.69, 9.17) is 18.6 Å². The number of carbonyl (C=O) groups is 2. The minimum Gasteiger partial charge on any atom is -0.496 e. The zero-order valence-electron chi connectivity index (χ0n) is 17.3. The van der Waals surface area contributed by atoms with Gasteiger partial charge in [0, 0.05) is 36.7 Å². The summed E-state index contributed by atoms with van der Waals surface area (Å²) in [4.78, 5) is 26.6. The van der Waals surface area contributed by atoms with Crippen LogP contribution in [-0.4, -0.2) is 44.1 Å². The molecule has 0 aliphatic heterocycles. The Morgan fingerprint density at radius 1 is 1.07 bits per heavy atom. The van der Waals surface area contributed by atoms with E-state index >= 15 is 0 Å². The lowest BCUT2D eigenvalue weighted by Crippen LogP contribution is -2.31. The second-order valence-corrected chi connectivity index (χ2v) is 6.68. The lowest BCUT2D eigenvalue weighted by atomic mass is 10.1. The van der Waals surface area contributed by atoms with Gasteiger partial charge in [-0.3, -0.25) is 4.79 Å². The molecule has 3 rings (SSSR count). The molecule has 30 heavy (non-hydrogen) atoms. The van der Waals surface area contributed by atoms with Crippen molar-refractivity contribution in [1.29, 1.82) is 0 Å². The van der Waals surface area contributed by atoms with Gasteiger partial charge in [0.05, 0.1) is 13.7 Å². The van der Waals surface area contributed by atoms with Gasteiger partial charge >= 0.3 is 5.97 Å². The normalized spacial score (nSPS) is 10.8. The quantitative estimate of drug-likeness (QED) is 0.499. The van der Waals surface area contributed by atoms with Crippen molar-refractivity contribution in [2.24, 2.45) is 0 Å². The summed E-state index contributed by atoms with van der Waals surface area (Å²) < 4.78 is 21.7. The number of fused-ring (bicyclic) bond motifs is 1. The molecule has 1 amide bonds. The maximum atomic E-state index is 12.6. The largest absolute Gasteiger partial charge is 0.496 e. The molecule has 0 aliphatic carbocycles. The molecule has 0 atom stereocenters. The van der Waals surface area contributed by atoms with Gasteiger partial charge in [-0.05, 0) is 19.1 Å². The van der Waals surface area contributed by atoms with Crippen molar-refractivity contribution in [3.05, 3.63) is 65.4 Å². The molecule has 0 N–H and O–H groups in total. The van der Waals surface area contributed by atoms with Gasteiger partial charge in [-0.15, -0.1) is 0 Å². The van der Waals surface area contributed by atoms with Crippen LogP contribution in [0.2, 0.25) is 0 Å². The average molecular weight is 411 g/mol. The fourth-order valence-corrected chi connectivity index (χ4v) is 3.09. The Kier molecular flexibility index (Phi) is 7.08. The van der Waals surface area contributed by atoms with Crippen LogP contribution in [-0.2, 0) is 27.4 Å². The monoisotopic (exact) mass is 411 g/mol. The predicted molar refractivity (Wildman–Crippen MR) is 111 cm³/mol. The Balaban J connectivity index is 1.67. The number of rotatable bonds is 9. The van der Waals surface area contributed by atoms with Crippen LogP contribution in [0.4, 0.5) is 0 Å². The van der Waals surface area contributed by atoms with Gasteiger partial charge < -0.3 is 23.5 Å². The van der Waals surface area contributed by atoms with Crippen LogP contribution in [0.25, 0.3) is 11.0 Å². The highest BCUT2D eigenvalue weighted by atomic mass is 16.5. The number of ether oxygens (including phenoxy) is 3. The third-order valence-electron chi connectivity index (χ3n) is 4.69. The molecular weight excluding hydrogens is 386 g/mol. The Bertz CT molecular complexity index is 1030. The summed E-state index contributed by atoms with van der Waals surface area (Å²) in [5.74, 6) is -0.279. The molecule has 0 aliphatic rings. The van der Waals surface area contributed by atoms with Crippen LogP contribution < -0.4 is 4.74 Å². The highest BCUT2D eigenvalue weighted by Gasteiger charge is 2.23. The van der Waals surface area contributed by atoms with Gasteiger partial charge in [0.1, 0.15) is 11.3 Å². The van der Waals surface area contributed by atoms with E-state index in [0.717, 1.165) is 10.9 Å². The number of nitrogens with zero attached hydrogens (tertiary/aromatic N) is 1. The molecule has 7 heteroatoms. The molecule has 0 unspecified atom stereocenters. The highest BCUT2D eigenvalue weighted by molar-refractivity contribution is 5.96. The zero-order valence-corrected chi connectivity index (χ0v) is 17.3. The standard InChI is InChI=1S/C23H25NO6/c1-4-28-14-18-17-10-6-8-12-20(17)30-22(18)23(26)29-15-21(25)24(2)13-16-9-5-7-11-19(16)27-3/h5-12H,4,13-15H2,1-3H3. The van der Waals surface area contributed by atoms with Gasteiger partial charge in [-0.1, -0.05) is 36.4 Å². The van der Waals surface area contributed by atoms with Crippen molar-refractivity contribution in [1.82, 2.24) is 4.90 Å². The summed E-state index contributed by atoms with van der Waals surface area (Å²) in [5, 5.41) is 0.789. The molecule has 0 bridgehead atoms. The topological polar surface area (TPSA) is 78.2 Å². The molecule has 7 nitrogen and oxygen atoms in total. The first-order chi connectivity index (χ1) is 14.5. The second-order valence-electron chi connectivity index (χ2n) is 6.68. The van der Waals surface area contributed by atoms with E-state index in [2.05, 4.69) is 0 Å². The molecule has 0 fully saturated rings. The lowest BCUT2D eigenvalue weighted by Gasteiger charge is -2.18. The summed E-state index contributed by atoms with van der Waals surface area (Å²) >= 11 is 0. The molecule has 0 saturated heterocycles. The number of hydrogen-bond acceptors (Lipinski definition) is 6. The molecule has 1 aromatic heterocycles. The summed E-state index contributed by atoms with van der Waals surface area (Å²) in [5.41, 5.74) is 2.05. The van der Waals surface area contributed by atoms with E-state index in [-0.39, 0.29) is 18.3 Å². The van der Waals surface area contributed by atoms with Crippen molar-refractivity contribution in [2.75, 3.05) is 27.4 Å². The van der Waals surface area contributed by atoms with Gasteiger partial charge in [0.2, 0.25) is 5.76 Å². The predicted octanol–water partition coefficient (Wildman–Crippen LogP) is 3.79. The Morgan fingerprint density at radius 3 is 2.57 bits per heavy atom. The van der Waals surface area contributed by atoms with Gasteiger partial charge in [-0.2, -0.15) is 0 Å². The molecular formula is C23H25NO6. The molecule has 0 radical (unpaired) electrons. The second kappa shape index (κ2) is 9.93. The Hall–Kier alpha value is -3.32. The van der Waals surface area contributed by atoms with Gasteiger partial charge in [-0.25, -0.2) is 4.79 Å². The first-order valence-corrected chi connectivity index (χ1v) is 9.66. The van der Waals surface area contributed by atoms with Crippen LogP contribution in [0, 0.1) is 0 Å². The zero-order chi connectivity index (χ0) is 21.5. The number of para-hydroxylation sites is 2. The van der Waals surface area contributed by atoms with E-state index in [1.807, 2.05) is 49.4 Å². The number of likely N-dealkylation sites (N-methyl/N-ethyl adjacent to an activating group) is 1. The maximum Gasteiger partial charge on any atom is 0.375 e. The first-order valence-electron chi connectivity index (χ1n) is 9.66. The number of amides is 1. The average Bonchev–Trinajstić information content (AvgIpc) is 3.14. The van der Waals surface area contributed by atoms with E-state index in [9.17, 15) is 9.59 Å². The number of methoxy groups -OCH3 is 1. The summed E-state index contributed by atoms with van der Waals surface area (Å²) in [6.07, 6.45) is 0. The van der Waals surface area contributed by atoms with E-state index in [1.165, 1.54) is 4.90 Å². The third-order valence-corrected chi connectivity index (χ3v) is 4.69. The van der Waals surface area contributed by atoms with Crippen LogP contribution in [0.5, 0.6) is 5.75 Å². The van der Waals surface area contributed by atoms with Gasteiger partial charge in [0.25, 0.3) is 5.91 Å². The fraction of sp³-hybridized carbons (Fsp3) is 0.304. The molecule has 3 aromatic rings. The third kappa shape index (κ3) is 4.80. The molecule has 1 heterocycles. The summed E-state index contributed by atoms with van der Waals surface area (Å²) in [6.45, 7) is 2.53. The Morgan fingerprint density at radius 2 is 1.80 bits per heavy atom. The number of hydrogen-bond donors (Lipinski definition) is 0. The Labute approximate surface area is 175 Å². The SMILES string of the molecule is CCOCc1c(C(=O)OCC(=O)N(C)Cc2ccccc2OC)oc2ccccc12. The molecule has 158 valence electrons. The van der Waals surface area contributed by atoms with Crippen molar-refractivity contribution >= 4 is 22.8 Å².